The van der Waals surface area contributed by atoms with Gasteiger partial charge < -0.3 is 25.4 Å². The number of hydrogen-bond acceptors (Lipinski definition) is 9. The van der Waals surface area contributed by atoms with Gasteiger partial charge in [0, 0.05) is 41.4 Å². The Kier molecular flexibility index (Phi) is 7.41. The van der Waals surface area contributed by atoms with E-state index in [0.29, 0.717) is 23.6 Å². The first-order chi connectivity index (χ1) is 18.1. The fraction of sp³-hybridized carbons (Fsp3) is 0.286. The highest BCUT2D eigenvalue weighted by atomic mass is 16.5. The summed E-state index contributed by atoms with van der Waals surface area (Å²) in [6.07, 6.45) is 5.66. The number of fused-ring (bicyclic) bond motifs is 1. The Labute approximate surface area is 215 Å². The molecule has 1 atom stereocenters. The Morgan fingerprint density at radius 1 is 1.08 bits per heavy atom. The average Bonchev–Trinajstić information content (AvgIpc) is 2.94. The van der Waals surface area contributed by atoms with E-state index >= 15 is 0 Å². The molecule has 1 fully saturated rings. The van der Waals surface area contributed by atoms with Gasteiger partial charge in [-0.1, -0.05) is 24.3 Å². The fourth-order valence-corrected chi connectivity index (χ4v) is 4.47. The summed E-state index contributed by atoms with van der Waals surface area (Å²) in [5.41, 5.74) is 3.27. The molecule has 0 spiro atoms. The molecule has 0 amide bonds. The molecule has 1 aliphatic heterocycles. The van der Waals surface area contributed by atoms with E-state index in [4.69, 9.17) is 14.5 Å². The lowest BCUT2D eigenvalue weighted by atomic mass is 10.0. The van der Waals surface area contributed by atoms with Crippen molar-refractivity contribution in [1.82, 2.24) is 20.3 Å². The second kappa shape index (κ2) is 11.2. The zero-order valence-electron chi connectivity index (χ0n) is 21.0. The van der Waals surface area contributed by atoms with E-state index in [0.717, 1.165) is 59.2 Å². The predicted octanol–water partition coefficient (Wildman–Crippen LogP) is 4.54. The van der Waals surface area contributed by atoms with Crippen LogP contribution in [0.1, 0.15) is 18.4 Å². The van der Waals surface area contributed by atoms with Gasteiger partial charge in [0.05, 0.1) is 18.4 Å². The van der Waals surface area contributed by atoms with Crippen molar-refractivity contribution in [2.45, 2.75) is 25.8 Å². The molecule has 1 saturated heterocycles. The van der Waals surface area contributed by atoms with Crippen molar-refractivity contribution in [2.24, 2.45) is 0 Å². The Morgan fingerprint density at radius 3 is 2.84 bits per heavy atom. The van der Waals surface area contributed by atoms with E-state index < -0.39 is 0 Å². The van der Waals surface area contributed by atoms with Crippen LogP contribution in [0.5, 0.6) is 11.6 Å². The Morgan fingerprint density at radius 2 is 2.00 bits per heavy atom. The number of anilines is 2. The van der Waals surface area contributed by atoms with E-state index in [1.54, 1.807) is 12.4 Å². The number of rotatable bonds is 8. The number of carbonyl (C=O) groups is 1. The highest BCUT2D eigenvalue weighted by molar-refractivity contribution is 5.99. The van der Waals surface area contributed by atoms with Gasteiger partial charge in [0.1, 0.15) is 12.3 Å². The summed E-state index contributed by atoms with van der Waals surface area (Å²) in [5.74, 6) is 1.40. The Balaban J connectivity index is 1.46. The number of ether oxygens (including phenoxy) is 2. The zero-order chi connectivity index (χ0) is 25.6. The van der Waals surface area contributed by atoms with E-state index in [1.165, 1.54) is 7.11 Å². The molecule has 37 heavy (non-hydrogen) atoms. The minimum Gasteiger partial charge on any atom is -0.468 e. The van der Waals surface area contributed by atoms with Crippen molar-refractivity contribution in [2.75, 3.05) is 37.4 Å². The van der Waals surface area contributed by atoms with E-state index in [1.807, 2.05) is 55.5 Å². The van der Waals surface area contributed by atoms with Crippen molar-refractivity contribution in [3.8, 4) is 22.9 Å². The van der Waals surface area contributed by atoms with Crippen LogP contribution in [0.2, 0.25) is 0 Å². The van der Waals surface area contributed by atoms with Gasteiger partial charge in [0.15, 0.2) is 0 Å². The summed E-state index contributed by atoms with van der Waals surface area (Å²) in [4.78, 5) is 25.4. The van der Waals surface area contributed by atoms with Crippen LogP contribution in [0.15, 0.2) is 60.9 Å². The van der Waals surface area contributed by atoms with Crippen LogP contribution in [0.4, 0.5) is 11.6 Å². The minimum atomic E-state index is -0.336. The van der Waals surface area contributed by atoms with Crippen molar-refractivity contribution in [3.63, 3.8) is 0 Å². The first kappa shape index (κ1) is 24.5. The van der Waals surface area contributed by atoms with Gasteiger partial charge in [-0.25, -0.2) is 15.0 Å². The molecule has 0 radical (unpaired) electrons. The molecule has 2 aromatic carbocycles. The van der Waals surface area contributed by atoms with Crippen molar-refractivity contribution >= 4 is 28.4 Å². The summed E-state index contributed by atoms with van der Waals surface area (Å²) < 4.78 is 11.2. The van der Waals surface area contributed by atoms with Crippen LogP contribution in [0, 0.1) is 6.92 Å². The lowest BCUT2D eigenvalue weighted by Crippen LogP contribution is -2.38. The number of piperidine rings is 1. The Hall–Kier alpha value is -4.24. The molecular weight excluding hydrogens is 468 g/mol. The molecule has 3 heterocycles. The topological polar surface area (TPSA) is 110 Å². The van der Waals surface area contributed by atoms with Crippen LogP contribution >= 0.6 is 0 Å². The number of nitrogens with zero attached hydrogens (tertiary/aromatic N) is 3. The molecule has 0 aliphatic carbocycles. The van der Waals surface area contributed by atoms with E-state index in [2.05, 4.69) is 25.9 Å². The van der Waals surface area contributed by atoms with E-state index in [-0.39, 0.29) is 12.5 Å². The van der Waals surface area contributed by atoms with Gasteiger partial charge in [-0.3, -0.25) is 4.79 Å². The maximum absolute atomic E-state index is 11.7. The van der Waals surface area contributed by atoms with Crippen molar-refractivity contribution in [3.05, 3.63) is 66.5 Å². The molecule has 0 bridgehead atoms. The number of hydrogen-bond donors (Lipinski definition) is 3. The van der Waals surface area contributed by atoms with Gasteiger partial charge in [-0.15, -0.1) is 0 Å². The fourth-order valence-electron chi connectivity index (χ4n) is 4.47. The number of benzene rings is 2. The normalized spacial score (nSPS) is 15.2. The van der Waals surface area contributed by atoms with Crippen LogP contribution in [-0.2, 0) is 9.53 Å². The number of methoxy groups -OCH3 is 1. The second-order valence-electron chi connectivity index (χ2n) is 8.95. The van der Waals surface area contributed by atoms with Gasteiger partial charge >= 0.3 is 5.97 Å². The number of esters is 1. The smallest absolute Gasteiger partial charge is 0.325 e. The van der Waals surface area contributed by atoms with Gasteiger partial charge in [-0.2, -0.15) is 0 Å². The highest BCUT2D eigenvalue weighted by Gasteiger charge is 2.17. The number of aromatic nitrogens is 3. The number of nitrogens with one attached hydrogen (secondary N) is 3. The summed E-state index contributed by atoms with van der Waals surface area (Å²) in [5, 5.41) is 11.8. The Bertz CT molecular complexity index is 1400. The summed E-state index contributed by atoms with van der Waals surface area (Å²) in [6.45, 7) is 4.01. The molecule has 5 rings (SSSR count). The maximum Gasteiger partial charge on any atom is 0.325 e. The van der Waals surface area contributed by atoms with Crippen molar-refractivity contribution in [1.29, 1.82) is 0 Å². The number of pyridine rings is 1. The summed E-state index contributed by atoms with van der Waals surface area (Å²) in [7, 11) is 1.37. The van der Waals surface area contributed by atoms with Crippen molar-refractivity contribution < 1.29 is 14.3 Å². The molecular formula is C28H30N6O3. The maximum atomic E-state index is 11.7. The number of aryl methyl sites for hydroxylation is 1. The van der Waals surface area contributed by atoms with Crippen LogP contribution in [0.3, 0.4) is 0 Å². The molecule has 190 valence electrons. The molecule has 4 aromatic rings. The molecule has 9 nitrogen and oxygen atoms in total. The third-order valence-corrected chi connectivity index (χ3v) is 6.39. The van der Waals surface area contributed by atoms with Gasteiger partial charge in [0.25, 0.3) is 0 Å². The minimum absolute atomic E-state index is 0.0745. The van der Waals surface area contributed by atoms with Gasteiger partial charge in [0.2, 0.25) is 11.8 Å². The largest absolute Gasteiger partial charge is 0.468 e. The molecule has 2 aromatic heterocycles. The van der Waals surface area contributed by atoms with Crippen LogP contribution in [0.25, 0.3) is 22.0 Å². The standard InChI is InChI=1S/C28H30N6O3/c1-18-10-11-20-21(7-3-9-23(20)32-17-25(35)36-2)26(18)37-27-22(8-5-14-30-27)24-12-15-31-28(34-24)33-19-6-4-13-29-16-19/h3,5,7-12,14-15,19,29,32H,4,6,13,16-17H2,1-2H3,(H,31,33,34)/t19-/m0/s1. The van der Waals surface area contributed by atoms with Gasteiger partial charge in [-0.05, 0) is 56.1 Å². The highest BCUT2D eigenvalue weighted by Crippen LogP contribution is 2.38. The molecule has 1 aliphatic rings. The lowest BCUT2D eigenvalue weighted by Gasteiger charge is -2.23. The van der Waals surface area contributed by atoms with Crippen LogP contribution in [-0.4, -0.2) is 53.7 Å². The first-order valence-corrected chi connectivity index (χ1v) is 12.4. The number of carbonyl (C=O) groups excluding carboxylic acids is 1. The van der Waals surface area contributed by atoms with Crippen LogP contribution < -0.4 is 20.7 Å². The average molecular weight is 499 g/mol. The monoisotopic (exact) mass is 498 g/mol. The predicted molar refractivity (Wildman–Crippen MR) is 144 cm³/mol. The quantitative estimate of drug-likeness (QED) is 0.302. The first-order valence-electron chi connectivity index (χ1n) is 12.4. The third-order valence-electron chi connectivity index (χ3n) is 6.39. The SMILES string of the molecule is COC(=O)CNc1cccc2c(Oc3ncccc3-c3ccnc(N[C@H]4CCCNC4)n3)c(C)ccc12. The zero-order valence-corrected chi connectivity index (χ0v) is 21.0. The molecule has 0 unspecified atom stereocenters. The molecule has 9 heteroatoms. The van der Waals surface area contributed by atoms with E-state index in [9.17, 15) is 4.79 Å². The lowest BCUT2D eigenvalue weighted by molar-refractivity contribution is -0.138. The molecule has 0 saturated carbocycles. The summed E-state index contributed by atoms with van der Waals surface area (Å²) in [6, 6.07) is 15.8. The molecule has 3 N–H and O–H groups in total. The second-order valence-corrected chi connectivity index (χ2v) is 8.95. The third kappa shape index (κ3) is 5.62. The summed E-state index contributed by atoms with van der Waals surface area (Å²) >= 11 is 0.